The molecular weight excluding hydrogens is 252 g/mol. The van der Waals surface area contributed by atoms with E-state index in [2.05, 4.69) is 39.7 Å². The highest BCUT2D eigenvalue weighted by Crippen LogP contribution is 2.31. The molecule has 0 amide bonds. The van der Waals surface area contributed by atoms with Crippen LogP contribution in [0.25, 0.3) is 32.2 Å². The Hall–Kier alpha value is -2.26. The summed E-state index contributed by atoms with van der Waals surface area (Å²) in [5.74, 6) is 0. The number of hydrogen-bond acceptors (Lipinski definition) is 3. The number of pyridine rings is 1. The van der Waals surface area contributed by atoms with Crippen LogP contribution in [0.1, 0.15) is 0 Å². The maximum absolute atomic E-state index is 4.57. The van der Waals surface area contributed by atoms with E-state index in [1.54, 1.807) is 0 Å². The largest absolute Gasteiger partial charge is 0.256 e. The molecule has 0 atom stereocenters. The summed E-state index contributed by atoms with van der Waals surface area (Å²) in [6, 6.07) is 18.6. The van der Waals surface area contributed by atoms with Crippen molar-refractivity contribution in [3.63, 3.8) is 0 Å². The second kappa shape index (κ2) is 4.14. The van der Waals surface area contributed by atoms with E-state index in [-0.39, 0.29) is 0 Å². The van der Waals surface area contributed by atoms with Crippen LogP contribution in [-0.2, 0) is 0 Å². The van der Waals surface area contributed by atoms with Crippen LogP contribution in [0.5, 0.6) is 0 Å². The van der Waals surface area contributed by atoms with E-state index < -0.39 is 0 Å². The topological polar surface area (TPSA) is 25.8 Å². The van der Waals surface area contributed by atoms with Gasteiger partial charge in [0.2, 0.25) is 0 Å². The quantitative estimate of drug-likeness (QED) is 0.504. The van der Waals surface area contributed by atoms with Gasteiger partial charge in [0.15, 0.2) is 0 Å². The van der Waals surface area contributed by atoms with E-state index in [9.17, 15) is 0 Å². The maximum atomic E-state index is 4.57. The van der Waals surface area contributed by atoms with Gasteiger partial charge in [-0.2, -0.15) is 4.37 Å². The minimum Gasteiger partial charge on any atom is -0.256 e. The molecule has 0 saturated heterocycles. The minimum absolute atomic E-state index is 1.02. The summed E-state index contributed by atoms with van der Waals surface area (Å²) in [7, 11) is 0. The molecule has 0 spiro atoms. The van der Waals surface area contributed by atoms with Crippen LogP contribution in [0.15, 0.2) is 60.8 Å². The smallest absolute Gasteiger partial charge is 0.0935 e. The second-order valence-corrected chi connectivity index (χ2v) is 5.25. The molecule has 2 nitrogen and oxygen atoms in total. The number of para-hydroxylation sites is 1. The van der Waals surface area contributed by atoms with Crippen molar-refractivity contribution in [3.8, 4) is 11.3 Å². The number of benzene rings is 2. The van der Waals surface area contributed by atoms with E-state index in [0.717, 1.165) is 22.2 Å². The van der Waals surface area contributed by atoms with E-state index in [1.807, 2.05) is 30.5 Å². The zero-order valence-corrected chi connectivity index (χ0v) is 10.9. The lowest BCUT2D eigenvalue weighted by Crippen LogP contribution is -1.83. The molecule has 0 saturated carbocycles. The summed E-state index contributed by atoms with van der Waals surface area (Å²) in [5.41, 5.74) is 3.13. The fourth-order valence-corrected chi connectivity index (χ4v) is 3.09. The Kier molecular flexibility index (Phi) is 2.32. The molecule has 3 heteroatoms. The second-order valence-electron chi connectivity index (χ2n) is 4.44. The van der Waals surface area contributed by atoms with E-state index in [1.165, 1.54) is 21.6 Å². The third kappa shape index (κ3) is 1.71. The highest BCUT2D eigenvalue weighted by atomic mass is 32.1. The Bertz CT molecular complexity index is 880. The molecule has 0 aliphatic rings. The molecule has 0 bridgehead atoms. The fraction of sp³-hybridized carbons (Fsp3) is 0. The van der Waals surface area contributed by atoms with Crippen molar-refractivity contribution in [2.75, 3.05) is 0 Å². The molecule has 0 aliphatic carbocycles. The molecule has 2 aromatic heterocycles. The first-order valence-electron chi connectivity index (χ1n) is 6.11. The van der Waals surface area contributed by atoms with Crippen LogP contribution in [0, 0.1) is 0 Å². The van der Waals surface area contributed by atoms with Crippen molar-refractivity contribution < 1.29 is 0 Å². The van der Waals surface area contributed by atoms with Gasteiger partial charge in [-0.3, -0.25) is 4.98 Å². The molecule has 0 N–H and O–H groups in total. The minimum atomic E-state index is 1.02. The standard InChI is InChI=1S/C16H10N2S/c1-3-7-14-11(5-1)9-12(10-17-14)16-13-6-2-4-8-15(13)19-18-16/h1-10H. The van der Waals surface area contributed by atoms with Gasteiger partial charge in [0.05, 0.1) is 15.9 Å². The molecule has 90 valence electrons. The van der Waals surface area contributed by atoms with Crippen LogP contribution in [-0.4, -0.2) is 9.36 Å². The van der Waals surface area contributed by atoms with Crippen molar-refractivity contribution in [1.29, 1.82) is 0 Å². The lowest BCUT2D eigenvalue weighted by molar-refractivity contribution is 1.40. The van der Waals surface area contributed by atoms with Crippen molar-refractivity contribution in [1.82, 2.24) is 9.36 Å². The highest BCUT2D eigenvalue weighted by molar-refractivity contribution is 7.13. The summed E-state index contributed by atoms with van der Waals surface area (Å²) < 4.78 is 5.79. The first-order valence-corrected chi connectivity index (χ1v) is 6.89. The molecular formula is C16H10N2S. The summed E-state index contributed by atoms with van der Waals surface area (Å²) in [4.78, 5) is 4.51. The summed E-state index contributed by atoms with van der Waals surface area (Å²) >= 11 is 1.54. The normalized spacial score (nSPS) is 11.2. The number of fused-ring (bicyclic) bond motifs is 2. The maximum Gasteiger partial charge on any atom is 0.0935 e. The monoisotopic (exact) mass is 262 g/mol. The van der Waals surface area contributed by atoms with Gasteiger partial charge >= 0.3 is 0 Å². The summed E-state index contributed by atoms with van der Waals surface area (Å²) in [6.45, 7) is 0. The van der Waals surface area contributed by atoms with Crippen LogP contribution in [0.4, 0.5) is 0 Å². The predicted molar refractivity (Wildman–Crippen MR) is 80.4 cm³/mol. The van der Waals surface area contributed by atoms with Gasteiger partial charge < -0.3 is 0 Å². The van der Waals surface area contributed by atoms with Gasteiger partial charge in [0, 0.05) is 22.5 Å². The van der Waals surface area contributed by atoms with Crippen LogP contribution in [0.2, 0.25) is 0 Å². The van der Waals surface area contributed by atoms with Crippen molar-refractivity contribution in [3.05, 3.63) is 60.8 Å². The van der Waals surface area contributed by atoms with Crippen molar-refractivity contribution in [2.24, 2.45) is 0 Å². The van der Waals surface area contributed by atoms with Gasteiger partial charge in [0.1, 0.15) is 0 Å². The first-order chi connectivity index (χ1) is 9.42. The Morgan fingerprint density at radius 3 is 2.74 bits per heavy atom. The number of rotatable bonds is 1. The van der Waals surface area contributed by atoms with Gasteiger partial charge in [-0.1, -0.05) is 36.4 Å². The Labute approximate surface area is 114 Å². The molecule has 0 radical (unpaired) electrons. The summed E-state index contributed by atoms with van der Waals surface area (Å²) in [6.07, 6.45) is 1.91. The number of nitrogens with zero attached hydrogens (tertiary/aromatic N) is 2. The average Bonchev–Trinajstić information content (AvgIpc) is 2.91. The van der Waals surface area contributed by atoms with E-state index in [4.69, 9.17) is 0 Å². The zero-order chi connectivity index (χ0) is 12.7. The molecule has 2 heterocycles. The first kappa shape index (κ1) is 10.6. The molecule has 2 aromatic carbocycles. The molecule has 4 rings (SSSR count). The molecule has 0 fully saturated rings. The van der Waals surface area contributed by atoms with Gasteiger partial charge in [-0.25, -0.2) is 0 Å². The number of aromatic nitrogens is 2. The molecule has 4 aromatic rings. The highest BCUT2D eigenvalue weighted by Gasteiger charge is 2.08. The lowest BCUT2D eigenvalue weighted by Gasteiger charge is -2.01. The average molecular weight is 262 g/mol. The van der Waals surface area contributed by atoms with Crippen molar-refractivity contribution >= 4 is 32.5 Å². The van der Waals surface area contributed by atoms with Gasteiger partial charge in [0.25, 0.3) is 0 Å². The lowest BCUT2D eigenvalue weighted by atomic mass is 10.1. The predicted octanol–water partition coefficient (Wildman–Crippen LogP) is 4.51. The fourth-order valence-electron chi connectivity index (χ4n) is 2.29. The van der Waals surface area contributed by atoms with Gasteiger partial charge in [-0.15, -0.1) is 0 Å². The van der Waals surface area contributed by atoms with Crippen LogP contribution >= 0.6 is 11.5 Å². The Balaban J connectivity index is 1.99. The molecule has 19 heavy (non-hydrogen) atoms. The molecule has 0 aliphatic heterocycles. The van der Waals surface area contributed by atoms with Crippen LogP contribution < -0.4 is 0 Å². The third-order valence-electron chi connectivity index (χ3n) is 3.24. The van der Waals surface area contributed by atoms with Crippen molar-refractivity contribution in [2.45, 2.75) is 0 Å². The zero-order valence-electron chi connectivity index (χ0n) is 10.1. The summed E-state index contributed by atoms with van der Waals surface area (Å²) in [5, 5.41) is 2.35. The molecule has 0 unspecified atom stereocenters. The van der Waals surface area contributed by atoms with E-state index >= 15 is 0 Å². The van der Waals surface area contributed by atoms with E-state index in [0.29, 0.717) is 0 Å². The SMILES string of the molecule is c1ccc2ncc(-c3nsc4ccccc34)cc2c1. The number of hydrogen-bond donors (Lipinski definition) is 0. The Morgan fingerprint density at radius 1 is 0.895 bits per heavy atom. The third-order valence-corrected chi connectivity index (χ3v) is 4.07. The van der Waals surface area contributed by atoms with Gasteiger partial charge in [-0.05, 0) is 29.7 Å². The Morgan fingerprint density at radius 2 is 1.74 bits per heavy atom. The van der Waals surface area contributed by atoms with Crippen LogP contribution in [0.3, 0.4) is 0 Å².